The van der Waals surface area contributed by atoms with E-state index in [4.69, 9.17) is 9.29 Å². The Morgan fingerprint density at radius 3 is 2.56 bits per heavy atom. The highest BCUT2D eigenvalue weighted by Gasteiger charge is 2.45. The summed E-state index contributed by atoms with van der Waals surface area (Å²) in [7, 11) is -4.01. The fourth-order valence-electron chi connectivity index (χ4n) is 5.70. The summed E-state index contributed by atoms with van der Waals surface area (Å²) in [5.41, 5.74) is 0.530. The number of benzene rings is 2. The summed E-state index contributed by atoms with van der Waals surface area (Å²) >= 11 is 1.43. The molecule has 1 fully saturated rings. The molecule has 1 saturated carbocycles. The molecule has 1 heterocycles. The van der Waals surface area contributed by atoms with Crippen molar-refractivity contribution in [3.05, 3.63) is 71.6 Å². The van der Waals surface area contributed by atoms with Crippen LogP contribution in [0.2, 0.25) is 0 Å². The summed E-state index contributed by atoms with van der Waals surface area (Å²) in [6.07, 6.45) is 7.45. The summed E-state index contributed by atoms with van der Waals surface area (Å²) in [5, 5.41) is 14.7. The van der Waals surface area contributed by atoms with E-state index in [1.165, 1.54) is 23.5 Å². The Kier molecular flexibility index (Phi) is 9.59. The number of carbonyl (C=O) groups excluding carboxylic acids is 1. The Bertz CT molecular complexity index is 1510. The fourth-order valence-corrected chi connectivity index (χ4v) is 7.56. The van der Waals surface area contributed by atoms with Gasteiger partial charge in [0, 0.05) is 27.9 Å². The predicted octanol–water partition coefficient (Wildman–Crippen LogP) is 7.29. The third-order valence-electron chi connectivity index (χ3n) is 8.84. The molecule has 9 heteroatoms. The van der Waals surface area contributed by atoms with E-state index in [2.05, 4.69) is 39.1 Å². The number of carbonyl (C=O) groups is 2. The average Bonchev–Trinajstić information content (AvgIpc) is 3.35. The van der Waals surface area contributed by atoms with Gasteiger partial charge in [-0.2, -0.15) is 8.42 Å². The minimum absolute atomic E-state index is 0.0309. The summed E-state index contributed by atoms with van der Waals surface area (Å²) in [5.74, 6) is 0.130. The van der Waals surface area contributed by atoms with Crippen LogP contribution in [-0.4, -0.2) is 31.4 Å². The zero-order valence-corrected chi connectivity index (χ0v) is 25.6. The van der Waals surface area contributed by atoms with E-state index in [9.17, 15) is 18.0 Å². The van der Waals surface area contributed by atoms with Crippen LogP contribution >= 0.6 is 11.3 Å². The Labute approximate surface area is 246 Å². The molecule has 0 spiro atoms. The van der Waals surface area contributed by atoms with Gasteiger partial charge in [0.15, 0.2) is 0 Å². The van der Waals surface area contributed by atoms with Crippen LogP contribution in [0.15, 0.2) is 71.0 Å². The molecule has 0 radical (unpaired) electrons. The van der Waals surface area contributed by atoms with E-state index in [1.807, 2.05) is 11.5 Å². The van der Waals surface area contributed by atoms with Crippen molar-refractivity contribution in [1.29, 1.82) is 0 Å². The highest BCUT2D eigenvalue weighted by atomic mass is 32.2. The van der Waals surface area contributed by atoms with Crippen molar-refractivity contribution in [3.63, 3.8) is 0 Å². The Balaban J connectivity index is 1.53. The number of carboxylic acids is 1. The van der Waals surface area contributed by atoms with Crippen LogP contribution in [0.3, 0.4) is 0 Å². The lowest BCUT2D eigenvalue weighted by Gasteiger charge is -2.50. The number of amides is 1. The molecule has 1 aromatic heterocycles. The number of thiophene rings is 1. The lowest BCUT2D eigenvalue weighted by Crippen LogP contribution is -2.54. The molecule has 4 atom stereocenters. The molecular formula is C32H39NO6S2. The molecule has 1 amide bonds. The third-order valence-corrected chi connectivity index (χ3v) is 11.1. The van der Waals surface area contributed by atoms with Gasteiger partial charge in [-0.1, -0.05) is 58.0 Å². The van der Waals surface area contributed by atoms with Gasteiger partial charge in [-0.05, 0) is 79.2 Å². The Hall–Kier alpha value is -3.17. The molecule has 4 rings (SSSR count). The van der Waals surface area contributed by atoms with Crippen LogP contribution in [0, 0.1) is 23.2 Å². The maximum absolute atomic E-state index is 13.7. The number of carboxylic acid groups (broad SMARTS) is 1. The highest BCUT2D eigenvalue weighted by molar-refractivity contribution is 7.87. The predicted molar refractivity (Wildman–Crippen MR) is 163 cm³/mol. The van der Waals surface area contributed by atoms with Crippen LogP contribution in [0.1, 0.15) is 70.2 Å². The first-order chi connectivity index (χ1) is 19.4. The molecule has 2 N–H and O–H groups in total. The number of unbranched alkanes of at least 4 members (excludes halogenated alkanes) is 1. The number of hydrogen-bond donors (Lipinski definition) is 2. The van der Waals surface area contributed by atoms with Crippen molar-refractivity contribution in [2.75, 3.05) is 0 Å². The normalized spacial score (nSPS) is 22.5. The van der Waals surface area contributed by atoms with Gasteiger partial charge in [-0.15, -0.1) is 11.3 Å². The van der Waals surface area contributed by atoms with Crippen molar-refractivity contribution in [3.8, 4) is 5.75 Å². The van der Waals surface area contributed by atoms with E-state index in [0.29, 0.717) is 23.3 Å². The van der Waals surface area contributed by atoms with Crippen molar-refractivity contribution in [1.82, 2.24) is 5.32 Å². The van der Waals surface area contributed by atoms with Crippen molar-refractivity contribution < 1.29 is 27.3 Å². The van der Waals surface area contributed by atoms with E-state index >= 15 is 0 Å². The second kappa shape index (κ2) is 12.8. The number of rotatable bonds is 11. The second-order valence-corrected chi connectivity index (χ2v) is 14.1. The SMILES string of the molecule is C[C@@H]1C[C@H](C/C=C\CCCC(=O)O)[C@@H](NC(=O)c2csc3ccc(OS(=O)(=O)c4ccccc4)cc23)[C@H](C)C1(C)C. The molecule has 1 aliphatic rings. The molecule has 0 unspecified atom stereocenters. The zero-order valence-electron chi connectivity index (χ0n) is 24.0. The Morgan fingerprint density at radius 1 is 1.12 bits per heavy atom. The smallest absolute Gasteiger partial charge is 0.339 e. The fraction of sp³-hybridized carbons (Fsp3) is 0.438. The minimum Gasteiger partial charge on any atom is -0.481 e. The largest absolute Gasteiger partial charge is 0.481 e. The Morgan fingerprint density at radius 2 is 1.85 bits per heavy atom. The van der Waals surface area contributed by atoms with Gasteiger partial charge >= 0.3 is 16.1 Å². The summed E-state index contributed by atoms with van der Waals surface area (Å²) in [6, 6.07) is 12.9. The van der Waals surface area contributed by atoms with E-state index in [1.54, 1.807) is 36.4 Å². The number of hydrogen-bond acceptors (Lipinski definition) is 6. The molecule has 0 saturated heterocycles. The van der Waals surface area contributed by atoms with Gasteiger partial charge < -0.3 is 14.6 Å². The molecule has 7 nitrogen and oxygen atoms in total. The zero-order chi connectivity index (χ0) is 29.8. The first-order valence-electron chi connectivity index (χ1n) is 14.1. The van der Waals surface area contributed by atoms with Gasteiger partial charge in [0.25, 0.3) is 5.91 Å². The standard InChI is InChI=1S/C32H39NO6S2/c1-21-18-23(12-8-5-6-11-15-29(34)35)30(22(2)32(21,3)4)33-31(36)27-20-40-28-17-16-24(19-26(27)28)39-41(37,38)25-13-9-7-10-14-25/h5,7-10,13-14,16-17,19-23,30H,6,11-12,15,18H2,1-4H3,(H,33,36)(H,34,35)/b8-5-/t21-,22+,23+,30+/m1/s1. The maximum Gasteiger partial charge on any atom is 0.339 e. The van der Waals surface area contributed by atoms with E-state index in [-0.39, 0.29) is 46.3 Å². The number of aliphatic carboxylic acids is 1. The highest BCUT2D eigenvalue weighted by Crippen LogP contribution is 2.48. The van der Waals surface area contributed by atoms with Crippen LogP contribution in [0.25, 0.3) is 10.1 Å². The summed E-state index contributed by atoms with van der Waals surface area (Å²) < 4.78 is 31.8. The van der Waals surface area contributed by atoms with Crippen molar-refractivity contribution in [2.45, 2.75) is 70.7 Å². The molecule has 3 aromatic rings. The molecule has 0 aliphatic heterocycles. The van der Waals surface area contributed by atoms with Crippen molar-refractivity contribution in [2.24, 2.45) is 23.2 Å². The second-order valence-electron chi connectivity index (χ2n) is 11.7. The molecule has 41 heavy (non-hydrogen) atoms. The van der Waals surface area contributed by atoms with Gasteiger partial charge in [-0.3, -0.25) is 9.59 Å². The molecule has 220 valence electrons. The van der Waals surface area contributed by atoms with Crippen LogP contribution in [0.4, 0.5) is 0 Å². The first-order valence-corrected chi connectivity index (χ1v) is 16.4. The molecule has 0 bridgehead atoms. The lowest BCUT2D eigenvalue weighted by molar-refractivity contribution is -0.137. The molecule has 1 aliphatic carbocycles. The van der Waals surface area contributed by atoms with Crippen LogP contribution in [0.5, 0.6) is 5.75 Å². The summed E-state index contributed by atoms with van der Waals surface area (Å²) in [6.45, 7) is 9.00. The minimum atomic E-state index is -4.01. The van der Waals surface area contributed by atoms with E-state index < -0.39 is 16.1 Å². The number of allylic oxidation sites excluding steroid dienone is 2. The van der Waals surface area contributed by atoms with Crippen LogP contribution in [-0.2, 0) is 14.9 Å². The number of fused-ring (bicyclic) bond motifs is 1. The van der Waals surface area contributed by atoms with E-state index in [0.717, 1.165) is 24.0 Å². The van der Waals surface area contributed by atoms with Gasteiger partial charge in [0.05, 0.1) is 5.56 Å². The first kappa shape index (κ1) is 30.8. The monoisotopic (exact) mass is 597 g/mol. The average molecular weight is 598 g/mol. The summed E-state index contributed by atoms with van der Waals surface area (Å²) in [4.78, 5) is 24.6. The topological polar surface area (TPSA) is 110 Å². The molecule has 2 aromatic carbocycles. The van der Waals surface area contributed by atoms with Gasteiger partial charge in [-0.25, -0.2) is 0 Å². The maximum atomic E-state index is 13.7. The quantitative estimate of drug-likeness (QED) is 0.136. The van der Waals surface area contributed by atoms with Gasteiger partial charge in [0.2, 0.25) is 0 Å². The van der Waals surface area contributed by atoms with Crippen molar-refractivity contribution >= 4 is 43.4 Å². The van der Waals surface area contributed by atoms with Gasteiger partial charge in [0.1, 0.15) is 10.6 Å². The van der Waals surface area contributed by atoms with Crippen LogP contribution < -0.4 is 9.50 Å². The third kappa shape index (κ3) is 7.19. The lowest BCUT2D eigenvalue weighted by atomic mass is 9.57. The number of nitrogens with one attached hydrogen (secondary N) is 1. The molecular weight excluding hydrogens is 558 g/mol.